The molecule has 2 aromatic carbocycles. The van der Waals surface area contributed by atoms with E-state index in [2.05, 4.69) is 15.6 Å². The highest BCUT2D eigenvalue weighted by Crippen LogP contribution is 2.17. The van der Waals surface area contributed by atoms with Gasteiger partial charge in [-0.3, -0.25) is 4.79 Å². The average Bonchev–Trinajstić information content (AvgIpc) is 2.64. The maximum Gasteiger partial charge on any atom is 0.274 e. The number of rotatable bonds is 4. The van der Waals surface area contributed by atoms with Crippen molar-refractivity contribution in [3.8, 4) is 6.07 Å². The Morgan fingerprint density at radius 2 is 1.76 bits per heavy atom. The molecule has 2 N–H and O–H groups in total. The minimum atomic E-state index is -0.322. The molecule has 0 aliphatic carbocycles. The van der Waals surface area contributed by atoms with Crippen LogP contribution in [0.3, 0.4) is 0 Å². The minimum absolute atomic E-state index is 0.303. The summed E-state index contributed by atoms with van der Waals surface area (Å²) < 4.78 is 0. The van der Waals surface area contributed by atoms with Crippen LogP contribution in [0.4, 0.5) is 17.1 Å². The van der Waals surface area contributed by atoms with Gasteiger partial charge < -0.3 is 10.6 Å². The van der Waals surface area contributed by atoms with E-state index in [1.807, 2.05) is 37.3 Å². The van der Waals surface area contributed by atoms with Crippen molar-refractivity contribution in [1.29, 1.82) is 5.26 Å². The Morgan fingerprint density at radius 3 is 2.44 bits per heavy atom. The van der Waals surface area contributed by atoms with E-state index in [9.17, 15) is 4.79 Å². The first-order chi connectivity index (χ1) is 12.1. The fraction of sp³-hybridized carbons (Fsp3) is 0.0500. The quantitative estimate of drug-likeness (QED) is 0.750. The molecular formula is C20H16N4O. The van der Waals surface area contributed by atoms with E-state index in [-0.39, 0.29) is 5.91 Å². The van der Waals surface area contributed by atoms with Crippen molar-refractivity contribution in [3.05, 3.63) is 83.7 Å². The van der Waals surface area contributed by atoms with Gasteiger partial charge in [0.05, 0.1) is 23.5 Å². The molecule has 1 amide bonds. The number of pyridine rings is 1. The van der Waals surface area contributed by atoms with E-state index in [4.69, 9.17) is 5.26 Å². The van der Waals surface area contributed by atoms with Crippen LogP contribution in [0.25, 0.3) is 0 Å². The topological polar surface area (TPSA) is 77.8 Å². The van der Waals surface area contributed by atoms with Crippen LogP contribution < -0.4 is 10.6 Å². The van der Waals surface area contributed by atoms with Gasteiger partial charge >= 0.3 is 0 Å². The largest absolute Gasteiger partial charge is 0.354 e. The second kappa shape index (κ2) is 7.28. The molecule has 5 heteroatoms. The first kappa shape index (κ1) is 16.2. The van der Waals surface area contributed by atoms with Crippen LogP contribution in [0.15, 0.2) is 66.9 Å². The van der Waals surface area contributed by atoms with E-state index in [1.54, 1.807) is 42.6 Å². The molecule has 3 rings (SSSR count). The highest BCUT2D eigenvalue weighted by Gasteiger charge is 2.08. The van der Waals surface area contributed by atoms with Crippen LogP contribution >= 0.6 is 0 Å². The molecule has 0 atom stereocenters. The summed E-state index contributed by atoms with van der Waals surface area (Å²) in [6.07, 6.45) is 1.61. The van der Waals surface area contributed by atoms with Gasteiger partial charge in [0.2, 0.25) is 0 Å². The molecule has 0 fully saturated rings. The van der Waals surface area contributed by atoms with E-state index in [1.165, 1.54) is 5.56 Å². The van der Waals surface area contributed by atoms with Gasteiger partial charge in [0.15, 0.2) is 0 Å². The summed E-state index contributed by atoms with van der Waals surface area (Å²) in [4.78, 5) is 16.4. The third-order valence-electron chi connectivity index (χ3n) is 3.59. The number of benzene rings is 2. The zero-order chi connectivity index (χ0) is 17.6. The van der Waals surface area contributed by atoms with Gasteiger partial charge in [-0.15, -0.1) is 0 Å². The average molecular weight is 328 g/mol. The summed E-state index contributed by atoms with van der Waals surface area (Å²) in [6.45, 7) is 2.03. The molecular weight excluding hydrogens is 312 g/mol. The molecule has 0 aliphatic heterocycles. The molecule has 0 aliphatic rings. The molecule has 0 bridgehead atoms. The number of anilines is 3. The molecule has 0 radical (unpaired) electrons. The van der Waals surface area contributed by atoms with Crippen LogP contribution in [0.1, 0.15) is 21.6 Å². The fourth-order valence-corrected chi connectivity index (χ4v) is 2.27. The Labute approximate surface area is 146 Å². The van der Waals surface area contributed by atoms with Crippen molar-refractivity contribution >= 4 is 23.0 Å². The number of nitriles is 1. The van der Waals surface area contributed by atoms with Crippen LogP contribution in [-0.2, 0) is 0 Å². The van der Waals surface area contributed by atoms with Gasteiger partial charge in [-0.25, -0.2) is 4.98 Å². The summed E-state index contributed by atoms with van der Waals surface area (Å²) >= 11 is 0. The Morgan fingerprint density at radius 1 is 1.00 bits per heavy atom. The van der Waals surface area contributed by atoms with E-state index in [0.717, 1.165) is 11.4 Å². The van der Waals surface area contributed by atoms with Crippen molar-refractivity contribution < 1.29 is 4.79 Å². The van der Waals surface area contributed by atoms with Crippen LogP contribution in [-0.4, -0.2) is 10.9 Å². The van der Waals surface area contributed by atoms with Gasteiger partial charge in [0, 0.05) is 11.4 Å². The summed E-state index contributed by atoms with van der Waals surface area (Å²) in [5.41, 5.74) is 4.30. The lowest BCUT2D eigenvalue weighted by atomic mass is 10.2. The SMILES string of the molecule is Cc1ccc(Nc2ccc(C(=O)Nc3cccc(C#N)c3)nc2)cc1. The molecule has 0 saturated heterocycles. The second-order valence-corrected chi connectivity index (χ2v) is 5.57. The fourth-order valence-electron chi connectivity index (χ4n) is 2.27. The number of hydrogen-bond acceptors (Lipinski definition) is 4. The van der Waals surface area contributed by atoms with Crippen molar-refractivity contribution in [2.45, 2.75) is 6.92 Å². The minimum Gasteiger partial charge on any atom is -0.354 e. The predicted molar refractivity (Wildman–Crippen MR) is 97.8 cm³/mol. The van der Waals surface area contributed by atoms with Gasteiger partial charge in [-0.2, -0.15) is 5.26 Å². The Hall–Kier alpha value is -3.65. The molecule has 1 aromatic heterocycles. The first-order valence-corrected chi connectivity index (χ1v) is 7.75. The van der Waals surface area contributed by atoms with Gasteiger partial charge in [0.25, 0.3) is 5.91 Å². The van der Waals surface area contributed by atoms with E-state index >= 15 is 0 Å². The summed E-state index contributed by atoms with van der Waals surface area (Å²) in [7, 11) is 0. The number of carbonyl (C=O) groups is 1. The van der Waals surface area contributed by atoms with Crippen molar-refractivity contribution in [3.63, 3.8) is 0 Å². The monoisotopic (exact) mass is 328 g/mol. The number of hydrogen-bond donors (Lipinski definition) is 2. The zero-order valence-electron chi connectivity index (χ0n) is 13.7. The van der Waals surface area contributed by atoms with Crippen molar-refractivity contribution in [2.24, 2.45) is 0 Å². The lowest BCUT2D eigenvalue weighted by Crippen LogP contribution is -2.13. The Bertz CT molecular complexity index is 925. The molecule has 122 valence electrons. The second-order valence-electron chi connectivity index (χ2n) is 5.57. The number of carbonyl (C=O) groups excluding carboxylic acids is 1. The maximum absolute atomic E-state index is 12.2. The van der Waals surface area contributed by atoms with Gasteiger partial charge in [0.1, 0.15) is 5.69 Å². The Balaban J connectivity index is 1.68. The molecule has 0 unspecified atom stereocenters. The Kier molecular flexibility index (Phi) is 4.72. The van der Waals surface area contributed by atoms with Gasteiger partial charge in [-0.05, 0) is 49.4 Å². The predicted octanol–water partition coefficient (Wildman–Crippen LogP) is 4.26. The highest BCUT2D eigenvalue weighted by atomic mass is 16.1. The number of amides is 1. The van der Waals surface area contributed by atoms with Crippen LogP contribution in [0.2, 0.25) is 0 Å². The number of aromatic nitrogens is 1. The van der Waals surface area contributed by atoms with Crippen molar-refractivity contribution in [1.82, 2.24) is 4.98 Å². The van der Waals surface area contributed by atoms with Crippen LogP contribution in [0, 0.1) is 18.3 Å². The molecule has 5 nitrogen and oxygen atoms in total. The zero-order valence-corrected chi connectivity index (χ0v) is 13.7. The third kappa shape index (κ3) is 4.21. The summed E-state index contributed by atoms with van der Waals surface area (Å²) in [6, 6.07) is 20.2. The number of nitrogens with zero attached hydrogens (tertiary/aromatic N) is 2. The number of aryl methyl sites for hydroxylation is 1. The van der Waals surface area contributed by atoms with Crippen LogP contribution in [0.5, 0.6) is 0 Å². The third-order valence-corrected chi connectivity index (χ3v) is 3.59. The van der Waals surface area contributed by atoms with E-state index < -0.39 is 0 Å². The maximum atomic E-state index is 12.2. The molecule has 25 heavy (non-hydrogen) atoms. The normalized spacial score (nSPS) is 9.92. The number of nitrogens with one attached hydrogen (secondary N) is 2. The highest BCUT2D eigenvalue weighted by molar-refractivity contribution is 6.03. The lowest BCUT2D eigenvalue weighted by molar-refractivity contribution is 0.102. The molecule has 0 spiro atoms. The molecule has 3 aromatic rings. The smallest absolute Gasteiger partial charge is 0.274 e. The summed E-state index contributed by atoms with van der Waals surface area (Å²) in [5, 5.41) is 14.9. The van der Waals surface area contributed by atoms with E-state index in [0.29, 0.717) is 16.9 Å². The standard InChI is InChI=1S/C20H16N4O/c1-14-5-7-16(8-6-14)23-18-9-10-19(22-13-18)20(25)24-17-4-2-3-15(11-17)12-21/h2-11,13,23H,1H3,(H,24,25). The molecule has 0 saturated carbocycles. The first-order valence-electron chi connectivity index (χ1n) is 7.75. The van der Waals surface area contributed by atoms with Crippen molar-refractivity contribution in [2.75, 3.05) is 10.6 Å². The lowest BCUT2D eigenvalue weighted by Gasteiger charge is -2.08. The molecule has 1 heterocycles. The van der Waals surface area contributed by atoms with Gasteiger partial charge in [-0.1, -0.05) is 23.8 Å². The summed E-state index contributed by atoms with van der Waals surface area (Å²) in [5.74, 6) is -0.322.